The molecule has 0 aliphatic carbocycles. The Kier molecular flexibility index (Phi) is 5.66. The number of nitrogens with one attached hydrogen (secondary N) is 2. The van der Waals surface area contributed by atoms with Crippen molar-refractivity contribution in [3.05, 3.63) is 58.7 Å². The fourth-order valence-electron chi connectivity index (χ4n) is 2.74. The van der Waals surface area contributed by atoms with Crippen molar-refractivity contribution >= 4 is 23.2 Å². The number of aromatic amines is 1. The summed E-state index contributed by atoms with van der Waals surface area (Å²) >= 11 is 5.90. The van der Waals surface area contributed by atoms with Crippen LogP contribution in [-0.4, -0.2) is 30.3 Å². The van der Waals surface area contributed by atoms with E-state index in [-0.39, 0.29) is 5.91 Å². The molecule has 0 saturated heterocycles. The Morgan fingerprint density at radius 1 is 1.15 bits per heavy atom. The lowest BCUT2D eigenvalue weighted by atomic mass is 10.1. The van der Waals surface area contributed by atoms with Crippen LogP contribution in [0.4, 0.5) is 5.69 Å². The van der Waals surface area contributed by atoms with Gasteiger partial charge in [0.25, 0.3) is 5.91 Å². The molecule has 0 radical (unpaired) electrons. The second-order valence-electron chi connectivity index (χ2n) is 5.81. The lowest BCUT2D eigenvalue weighted by molar-refractivity contribution is 0.102. The van der Waals surface area contributed by atoms with Gasteiger partial charge in [0.2, 0.25) is 0 Å². The molecule has 0 bridgehead atoms. The molecule has 0 unspecified atom stereocenters. The van der Waals surface area contributed by atoms with E-state index >= 15 is 0 Å². The zero-order valence-electron chi connectivity index (χ0n) is 15.3. The molecule has 27 heavy (non-hydrogen) atoms. The topological polar surface area (TPSA) is 76.2 Å². The average molecular weight is 386 g/mol. The predicted octanol–water partition coefficient (Wildman–Crippen LogP) is 4.56. The average Bonchev–Trinajstić information content (AvgIpc) is 3.10. The molecule has 7 heteroatoms. The molecule has 1 heterocycles. The Hall–Kier alpha value is -2.99. The van der Waals surface area contributed by atoms with Crippen LogP contribution in [0.5, 0.6) is 11.5 Å². The summed E-state index contributed by atoms with van der Waals surface area (Å²) in [6, 6.07) is 12.2. The second-order valence-corrected chi connectivity index (χ2v) is 6.24. The molecular weight excluding hydrogens is 366 g/mol. The van der Waals surface area contributed by atoms with E-state index in [2.05, 4.69) is 15.5 Å². The number of ether oxygens (including phenoxy) is 2. The molecule has 2 aromatic carbocycles. The molecule has 3 rings (SSSR count). The maximum Gasteiger partial charge on any atom is 0.255 e. The Bertz CT molecular complexity index is 952. The summed E-state index contributed by atoms with van der Waals surface area (Å²) in [5, 5.41) is 10.9. The molecule has 6 nitrogen and oxygen atoms in total. The smallest absolute Gasteiger partial charge is 0.255 e. The number of hydrogen-bond donors (Lipinski definition) is 2. The van der Waals surface area contributed by atoms with Gasteiger partial charge in [0.15, 0.2) is 0 Å². The molecule has 0 fully saturated rings. The van der Waals surface area contributed by atoms with E-state index in [9.17, 15) is 4.79 Å². The molecule has 3 aromatic rings. The van der Waals surface area contributed by atoms with Gasteiger partial charge in [-0.1, -0.05) is 18.5 Å². The summed E-state index contributed by atoms with van der Waals surface area (Å²) in [7, 11) is 3.17. The summed E-state index contributed by atoms with van der Waals surface area (Å²) in [6.07, 6.45) is 0.682. The van der Waals surface area contributed by atoms with Crippen LogP contribution in [0.2, 0.25) is 5.02 Å². The number of methoxy groups -OCH3 is 2. The first-order valence-electron chi connectivity index (χ1n) is 8.44. The number of aromatic nitrogens is 2. The van der Waals surface area contributed by atoms with Crippen molar-refractivity contribution in [2.24, 2.45) is 0 Å². The van der Waals surface area contributed by atoms with Crippen LogP contribution in [0.1, 0.15) is 23.0 Å². The lowest BCUT2D eigenvalue weighted by Gasteiger charge is -2.12. The van der Waals surface area contributed by atoms with Gasteiger partial charge in [-0.25, -0.2) is 0 Å². The van der Waals surface area contributed by atoms with E-state index < -0.39 is 0 Å². The van der Waals surface area contributed by atoms with E-state index in [4.69, 9.17) is 21.1 Å². The van der Waals surface area contributed by atoms with Crippen LogP contribution in [0, 0.1) is 0 Å². The first-order chi connectivity index (χ1) is 13.1. The zero-order valence-corrected chi connectivity index (χ0v) is 16.1. The van der Waals surface area contributed by atoms with Gasteiger partial charge >= 0.3 is 0 Å². The first-order valence-corrected chi connectivity index (χ1v) is 8.81. The van der Waals surface area contributed by atoms with Crippen LogP contribution in [-0.2, 0) is 6.42 Å². The van der Waals surface area contributed by atoms with E-state index in [0.29, 0.717) is 39.9 Å². The number of carbonyl (C=O) groups excluding carboxylic acids is 1. The fraction of sp³-hybridized carbons (Fsp3) is 0.200. The highest BCUT2D eigenvalue weighted by Gasteiger charge is 2.20. The summed E-state index contributed by atoms with van der Waals surface area (Å²) in [4.78, 5) is 12.7. The Morgan fingerprint density at radius 2 is 1.89 bits per heavy atom. The quantitative estimate of drug-likeness (QED) is 0.652. The van der Waals surface area contributed by atoms with Gasteiger partial charge in [0.05, 0.1) is 25.6 Å². The van der Waals surface area contributed by atoms with E-state index in [0.717, 1.165) is 11.3 Å². The van der Waals surface area contributed by atoms with Gasteiger partial charge in [-0.15, -0.1) is 0 Å². The Morgan fingerprint density at radius 3 is 2.52 bits per heavy atom. The highest BCUT2D eigenvalue weighted by molar-refractivity contribution is 6.30. The van der Waals surface area contributed by atoms with Crippen molar-refractivity contribution < 1.29 is 14.3 Å². The maximum absolute atomic E-state index is 12.7. The molecule has 0 saturated carbocycles. The van der Waals surface area contributed by atoms with Crippen molar-refractivity contribution in [2.75, 3.05) is 19.5 Å². The highest BCUT2D eigenvalue weighted by atomic mass is 35.5. The Balaban J connectivity index is 2.00. The molecule has 1 amide bonds. The van der Waals surface area contributed by atoms with Crippen LogP contribution in [0.25, 0.3) is 11.3 Å². The third-order valence-corrected chi connectivity index (χ3v) is 4.46. The number of rotatable bonds is 6. The molecule has 2 N–H and O–H groups in total. The number of nitrogens with zero attached hydrogens (tertiary/aromatic N) is 1. The van der Waals surface area contributed by atoms with Crippen molar-refractivity contribution in [1.29, 1.82) is 0 Å². The van der Waals surface area contributed by atoms with Crippen LogP contribution in [0.15, 0.2) is 42.5 Å². The second kappa shape index (κ2) is 8.14. The number of aryl methyl sites for hydroxylation is 1. The minimum Gasteiger partial charge on any atom is -0.497 e. The number of benzene rings is 2. The number of carbonyl (C=O) groups is 1. The molecular formula is C20H20ClN3O3. The minimum atomic E-state index is -0.239. The molecule has 0 aliphatic rings. The van der Waals surface area contributed by atoms with Crippen molar-refractivity contribution in [1.82, 2.24) is 10.2 Å². The summed E-state index contributed by atoms with van der Waals surface area (Å²) < 4.78 is 10.7. The van der Waals surface area contributed by atoms with Gasteiger partial charge in [-0.2, -0.15) is 5.10 Å². The number of halogens is 1. The van der Waals surface area contributed by atoms with Crippen LogP contribution in [0.3, 0.4) is 0 Å². The molecule has 0 aliphatic heterocycles. The highest BCUT2D eigenvalue weighted by Crippen LogP contribution is 2.37. The van der Waals surface area contributed by atoms with Crippen molar-refractivity contribution in [2.45, 2.75) is 13.3 Å². The van der Waals surface area contributed by atoms with Crippen LogP contribution < -0.4 is 14.8 Å². The standard InChI is InChI=1S/C20H20ClN3O3/c1-4-16-19(22-20(25)12-5-7-13(21)8-6-12)18(24-23-16)15-10-9-14(26-2)11-17(15)27-3/h5-11H,4H2,1-3H3,(H,22,25)(H,23,24). The fourth-order valence-corrected chi connectivity index (χ4v) is 2.87. The largest absolute Gasteiger partial charge is 0.497 e. The first kappa shape index (κ1) is 18.8. The lowest BCUT2D eigenvalue weighted by Crippen LogP contribution is -2.13. The van der Waals surface area contributed by atoms with E-state index in [1.165, 1.54) is 0 Å². The molecule has 140 valence electrons. The van der Waals surface area contributed by atoms with Crippen LogP contribution >= 0.6 is 11.6 Å². The number of hydrogen-bond acceptors (Lipinski definition) is 4. The number of H-pyrrole nitrogens is 1. The van der Waals surface area contributed by atoms with Crippen molar-refractivity contribution in [3.8, 4) is 22.8 Å². The van der Waals surface area contributed by atoms with E-state index in [1.54, 1.807) is 44.6 Å². The third kappa shape index (κ3) is 3.90. The number of anilines is 1. The number of amides is 1. The summed E-state index contributed by atoms with van der Waals surface area (Å²) in [6.45, 7) is 1.99. The third-order valence-electron chi connectivity index (χ3n) is 4.20. The summed E-state index contributed by atoms with van der Waals surface area (Å²) in [5.74, 6) is 1.04. The monoisotopic (exact) mass is 385 g/mol. The Labute approximate surface area is 162 Å². The van der Waals surface area contributed by atoms with E-state index in [1.807, 2.05) is 19.1 Å². The normalized spacial score (nSPS) is 10.5. The molecule has 0 atom stereocenters. The van der Waals surface area contributed by atoms with Gasteiger partial charge in [-0.3, -0.25) is 9.89 Å². The van der Waals surface area contributed by atoms with Gasteiger partial charge < -0.3 is 14.8 Å². The molecule has 1 aromatic heterocycles. The minimum absolute atomic E-state index is 0.239. The van der Waals surface area contributed by atoms with Gasteiger partial charge in [-0.05, 0) is 42.8 Å². The zero-order chi connectivity index (χ0) is 19.4. The molecule has 0 spiro atoms. The maximum atomic E-state index is 12.7. The van der Waals surface area contributed by atoms with Gasteiger partial charge in [0.1, 0.15) is 17.2 Å². The van der Waals surface area contributed by atoms with Crippen molar-refractivity contribution in [3.63, 3.8) is 0 Å². The SMILES string of the molecule is CCc1[nH]nc(-c2ccc(OC)cc2OC)c1NC(=O)c1ccc(Cl)cc1. The summed E-state index contributed by atoms with van der Waals surface area (Å²) in [5.41, 5.74) is 3.32. The van der Waals surface area contributed by atoms with Gasteiger partial charge in [0, 0.05) is 22.2 Å². The predicted molar refractivity (Wildman–Crippen MR) is 106 cm³/mol.